The largest absolute Gasteiger partial charge is 0.360 e. The Hall–Kier alpha value is -0.630. The summed E-state index contributed by atoms with van der Waals surface area (Å²) in [4.78, 5) is 0. The van der Waals surface area contributed by atoms with Crippen LogP contribution in [-0.2, 0) is 13.6 Å². The summed E-state index contributed by atoms with van der Waals surface area (Å²) in [6, 6.07) is 0. The third kappa shape index (κ3) is 3.28. The fraction of sp³-hybridized carbons (Fsp3) is 0.600. The molecule has 0 aromatic carbocycles. The Balaban J connectivity index is 2.28. The molecule has 1 atom stereocenters. The van der Waals surface area contributed by atoms with Crippen molar-refractivity contribution in [3.8, 4) is 0 Å². The zero-order chi connectivity index (χ0) is 13.8. The van der Waals surface area contributed by atoms with E-state index in [0.29, 0.717) is 13.2 Å². The first-order valence-electron chi connectivity index (χ1n) is 7.08. The van der Waals surface area contributed by atoms with Crippen LogP contribution in [-0.4, -0.2) is 13.2 Å². The van der Waals surface area contributed by atoms with Crippen LogP contribution in [0.3, 0.4) is 0 Å². The van der Waals surface area contributed by atoms with E-state index in [1.54, 1.807) is 0 Å². The lowest BCUT2D eigenvalue weighted by Crippen LogP contribution is -2.21. The van der Waals surface area contributed by atoms with Gasteiger partial charge in [0, 0.05) is 0 Å². The van der Waals surface area contributed by atoms with Gasteiger partial charge in [-0.15, -0.1) is 0 Å². The summed E-state index contributed by atoms with van der Waals surface area (Å²) in [5.41, 5.74) is 0.114. The van der Waals surface area contributed by atoms with Gasteiger partial charge in [-0.3, -0.25) is 4.57 Å². The third-order valence-corrected chi connectivity index (χ3v) is 5.79. The Morgan fingerprint density at radius 3 is 2.42 bits per heavy atom. The van der Waals surface area contributed by atoms with Crippen LogP contribution in [0, 0.1) is 5.41 Å². The molecule has 0 aromatic rings. The average molecular weight is 282 g/mol. The van der Waals surface area contributed by atoms with Crippen molar-refractivity contribution in [3.05, 3.63) is 35.7 Å². The predicted octanol–water partition coefficient (Wildman–Crippen LogP) is 4.82. The van der Waals surface area contributed by atoms with Crippen LogP contribution in [0.1, 0.15) is 39.5 Å². The normalized spacial score (nSPS) is 26.7. The fourth-order valence-corrected chi connectivity index (χ4v) is 4.53. The Bertz CT molecular complexity index is 440. The van der Waals surface area contributed by atoms with Crippen LogP contribution in [0.25, 0.3) is 0 Å². The molecule has 1 spiro atoms. The minimum atomic E-state index is -3.14. The highest BCUT2D eigenvalue weighted by Crippen LogP contribution is 2.59. The minimum absolute atomic E-state index is 0.114. The summed E-state index contributed by atoms with van der Waals surface area (Å²) in [5.74, 6) is 0. The van der Waals surface area contributed by atoms with Gasteiger partial charge < -0.3 is 9.05 Å². The SMILES string of the molecule is CCOP(=O)(OCC)C1=CC2(CC=CCC2)CC=C1. The standard InChI is InChI=1S/C15H23O3P/c1-3-17-19(16,18-4-2)14-9-8-12-15(13-14)10-6-5-7-11-15/h5-6,8-9,13H,3-4,7,10-12H2,1-2H3. The van der Waals surface area contributed by atoms with E-state index in [9.17, 15) is 4.57 Å². The van der Waals surface area contributed by atoms with Crippen molar-refractivity contribution >= 4 is 7.60 Å². The second-order valence-electron chi connectivity index (χ2n) is 5.09. The summed E-state index contributed by atoms with van der Waals surface area (Å²) in [6.45, 7) is 4.49. The topological polar surface area (TPSA) is 35.5 Å². The van der Waals surface area contributed by atoms with Gasteiger partial charge in [-0.25, -0.2) is 0 Å². The van der Waals surface area contributed by atoms with Gasteiger partial charge in [0.1, 0.15) is 0 Å². The second kappa shape index (κ2) is 6.21. The highest BCUT2D eigenvalue weighted by atomic mass is 31.2. The van der Waals surface area contributed by atoms with Crippen molar-refractivity contribution in [2.75, 3.05) is 13.2 Å². The molecule has 0 saturated heterocycles. The number of allylic oxidation sites excluding steroid dienone is 6. The van der Waals surface area contributed by atoms with E-state index in [1.807, 2.05) is 19.9 Å². The summed E-state index contributed by atoms with van der Waals surface area (Å²) in [6.07, 6.45) is 14.8. The Kier molecular flexibility index (Phi) is 4.83. The third-order valence-electron chi connectivity index (χ3n) is 3.68. The van der Waals surface area contributed by atoms with Crippen LogP contribution in [0.15, 0.2) is 35.7 Å². The van der Waals surface area contributed by atoms with E-state index in [1.165, 1.54) is 0 Å². The van der Waals surface area contributed by atoms with Gasteiger partial charge in [0.05, 0.1) is 18.5 Å². The average Bonchev–Trinajstić information content (AvgIpc) is 2.40. The highest BCUT2D eigenvalue weighted by molar-refractivity contribution is 7.58. The zero-order valence-electron chi connectivity index (χ0n) is 11.8. The van der Waals surface area contributed by atoms with Crippen molar-refractivity contribution < 1.29 is 13.6 Å². The summed E-state index contributed by atoms with van der Waals surface area (Å²) in [5, 5.41) is 0.734. The lowest BCUT2D eigenvalue weighted by atomic mass is 9.73. The molecule has 0 N–H and O–H groups in total. The maximum atomic E-state index is 12.8. The van der Waals surface area contributed by atoms with Crippen LogP contribution in [0.4, 0.5) is 0 Å². The van der Waals surface area contributed by atoms with Crippen LogP contribution in [0.2, 0.25) is 0 Å². The maximum absolute atomic E-state index is 12.8. The monoisotopic (exact) mass is 282 g/mol. The van der Waals surface area contributed by atoms with Gasteiger partial charge in [-0.2, -0.15) is 0 Å². The first-order valence-corrected chi connectivity index (χ1v) is 8.62. The molecule has 2 aliphatic carbocycles. The molecule has 4 heteroatoms. The lowest BCUT2D eigenvalue weighted by molar-refractivity contribution is 0.226. The van der Waals surface area contributed by atoms with Crippen molar-refractivity contribution in [1.29, 1.82) is 0 Å². The number of hydrogen-bond donors (Lipinski definition) is 0. The quantitative estimate of drug-likeness (QED) is 0.535. The molecule has 106 valence electrons. The zero-order valence-corrected chi connectivity index (χ0v) is 12.7. The van der Waals surface area contributed by atoms with Crippen molar-refractivity contribution in [2.45, 2.75) is 39.5 Å². The fourth-order valence-electron chi connectivity index (χ4n) is 2.76. The molecular weight excluding hydrogens is 259 g/mol. The smallest absolute Gasteiger partial charge is 0.306 e. The lowest BCUT2D eigenvalue weighted by Gasteiger charge is -2.34. The molecule has 0 radical (unpaired) electrons. The number of rotatable bonds is 5. The summed E-state index contributed by atoms with van der Waals surface area (Å²) < 4.78 is 23.7. The Morgan fingerprint density at radius 1 is 1.16 bits per heavy atom. The minimum Gasteiger partial charge on any atom is -0.306 e. The molecular formula is C15H23O3P. The van der Waals surface area contributed by atoms with Gasteiger partial charge in [0.2, 0.25) is 0 Å². The van der Waals surface area contributed by atoms with Crippen LogP contribution in [0.5, 0.6) is 0 Å². The van der Waals surface area contributed by atoms with Crippen LogP contribution < -0.4 is 0 Å². The second-order valence-corrected chi connectivity index (χ2v) is 7.11. The molecule has 0 heterocycles. The van der Waals surface area contributed by atoms with Gasteiger partial charge in [-0.05, 0) is 44.9 Å². The van der Waals surface area contributed by atoms with E-state index >= 15 is 0 Å². The van der Waals surface area contributed by atoms with Crippen molar-refractivity contribution in [2.24, 2.45) is 5.41 Å². The molecule has 0 saturated carbocycles. The molecule has 0 bridgehead atoms. The van der Waals surface area contributed by atoms with E-state index in [2.05, 4.69) is 24.3 Å². The van der Waals surface area contributed by atoms with E-state index < -0.39 is 7.60 Å². The summed E-state index contributed by atoms with van der Waals surface area (Å²) >= 11 is 0. The molecule has 19 heavy (non-hydrogen) atoms. The highest BCUT2D eigenvalue weighted by Gasteiger charge is 2.35. The first kappa shape index (κ1) is 14.8. The van der Waals surface area contributed by atoms with Gasteiger partial charge in [0.15, 0.2) is 0 Å². The molecule has 1 unspecified atom stereocenters. The van der Waals surface area contributed by atoms with E-state index in [0.717, 1.165) is 31.0 Å². The molecule has 0 fully saturated rings. The molecule has 2 rings (SSSR count). The van der Waals surface area contributed by atoms with E-state index in [-0.39, 0.29) is 5.41 Å². The van der Waals surface area contributed by atoms with Crippen molar-refractivity contribution in [1.82, 2.24) is 0 Å². The molecule has 2 aliphatic rings. The molecule has 0 aromatic heterocycles. The predicted molar refractivity (Wildman–Crippen MR) is 78.1 cm³/mol. The van der Waals surface area contributed by atoms with Crippen LogP contribution >= 0.6 is 7.60 Å². The number of hydrogen-bond acceptors (Lipinski definition) is 3. The van der Waals surface area contributed by atoms with Gasteiger partial charge in [-0.1, -0.05) is 30.4 Å². The molecule has 3 nitrogen and oxygen atoms in total. The van der Waals surface area contributed by atoms with Gasteiger partial charge >= 0.3 is 7.60 Å². The molecule has 0 amide bonds. The Morgan fingerprint density at radius 2 is 1.84 bits per heavy atom. The van der Waals surface area contributed by atoms with Crippen molar-refractivity contribution in [3.63, 3.8) is 0 Å². The van der Waals surface area contributed by atoms with E-state index in [4.69, 9.17) is 9.05 Å². The molecule has 0 aliphatic heterocycles. The maximum Gasteiger partial charge on any atom is 0.360 e. The summed E-state index contributed by atoms with van der Waals surface area (Å²) in [7, 11) is -3.14. The first-order chi connectivity index (χ1) is 9.14. The Labute approximate surface area is 115 Å². The van der Waals surface area contributed by atoms with Gasteiger partial charge in [0.25, 0.3) is 0 Å².